The molecule has 0 amide bonds. The number of rotatable bonds is 2. The quantitative estimate of drug-likeness (QED) is 0.855. The van der Waals surface area contributed by atoms with Gasteiger partial charge in [-0.05, 0) is 0 Å². The van der Waals surface area contributed by atoms with E-state index in [0.29, 0.717) is 12.0 Å². The summed E-state index contributed by atoms with van der Waals surface area (Å²) in [7, 11) is 1.56. The van der Waals surface area contributed by atoms with Crippen LogP contribution in [-0.2, 0) is 19.8 Å². The van der Waals surface area contributed by atoms with E-state index in [1.807, 2.05) is 4.90 Å². The molecule has 2 fully saturated rings. The van der Waals surface area contributed by atoms with E-state index < -0.39 is 11.7 Å². The molecule has 0 aliphatic carbocycles. The number of aryl methyl sites for hydroxylation is 1. The minimum absolute atomic E-state index is 0.254. The van der Waals surface area contributed by atoms with Crippen molar-refractivity contribution in [3.05, 3.63) is 17.5 Å². The van der Waals surface area contributed by atoms with Gasteiger partial charge in [-0.1, -0.05) is 0 Å². The van der Waals surface area contributed by atoms with Crippen molar-refractivity contribution in [2.75, 3.05) is 26.2 Å². The van der Waals surface area contributed by atoms with Gasteiger partial charge in [0, 0.05) is 45.2 Å². The third kappa shape index (κ3) is 1.81. The van der Waals surface area contributed by atoms with Gasteiger partial charge in [0.2, 0.25) is 0 Å². The maximum Gasteiger partial charge on any atom is 0.419 e. The van der Waals surface area contributed by atoms with Gasteiger partial charge in [0.1, 0.15) is 0 Å². The second-order valence-corrected chi connectivity index (χ2v) is 5.38. The molecule has 3 rings (SSSR count). The van der Waals surface area contributed by atoms with E-state index in [0.717, 1.165) is 32.4 Å². The van der Waals surface area contributed by atoms with E-state index in [2.05, 4.69) is 10.4 Å². The van der Waals surface area contributed by atoms with Gasteiger partial charge in [0.25, 0.3) is 0 Å². The summed E-state index contributed by atoms with van der Waals surface area (Å²) in [5.74, 6) is 0. The molecule has 3 heterocycles. The Morgan fingerprint density at radius 2 is 2.06 bits per heavy atom. The molecule has 2 saturated heterocycles. The van der Waals surface area contributed by atoms with Crippen LogP contribution in [0.1, 0.15) is 11.3 Å². The number of hydrogen-bond acceptors (Lipinski definition) is 3. The zero-order valence-electron chi connectivity index (χ0n) is 10.1. The molecule has 2 aliphatic rings. The number of halogens is 3. The van der Waals surface area contributed by atoms with Crippen LogP contribution in [0.4, 0.5) is 13.2 Å². The van der Waals surface area contributed by atoms with Crippen molar-refractivity contribution in [3.8, 4) is 0 Å². The van der Waals surface area contributed by atoms with Crippen LogP contribution in [0.3, 0.4) is 0 Å². The lowest BCUT2D eigenvalue weighted by Crippen LogP contribution is -2.70. The molecular weight excluding hydrogens is 245 g/mol. The molecule has 2 aliphatic heterocycles. The van der Waals surface area contributed by atoms with E-state index in [-0.39, 0.29) is 5.69 Å². The largest absolute Gasteiger partial charge is 0.419 e. The highest BCUT2D eigenvalue weighted by molar-refractivity contribution is 5.22. The summed E-state index contributed by atoms with van der Waals surface area (Å²) in [6.45, 7) is 4.06. The number of aromatic nitrogens is 2. The first kappa shape index (κ1) is 12.0. The zero-order chi connectivity index (χ0) is 13.0. The Kier molecular flexibility index (Phi) is 2.47. The molecule has 1 aromatic heterocycles. The van der Waals surface area contributed by atoms with Gasteiger partial charge in [0.05, 0.1) is 17.5 Å². The molecule has 1 aromatic rings. The lowest BCUT2D eigenvalue weighted by Gasteiger charge is -2.56. The van der Waals surface area contributed by atoms with Gasteiger partial charge >= 0.3 is 6.18 Å². The fourth-order valence-corrected chi connectivity index (χ4v) is 2.82. The molecular formula is C11H15F3N4. The number of nitrogens with zero attached hydrogens (tertiary/aromatic N) is 3. The van der Waals surface area contributed by atoms with Crippen LogP contribution in [0, 0.1) is 5.41 Å². The topological polar surface area (TPSA) is 33.1 Å². The molecule has 7 heteroatoms. The van der Waals surface area contributed by atoms with E-state index in [4.69, 9.17) is 0 Å². The molecule has 1 spiro atoms. The third-order valence-electron chi connectivity index (χ3n) is 3.86. The molecule has 1 N–H and O–H groups in total. The lowest BCUT2D eigenvalue weighted by atomic mass is 9.74. The monoisotopic (exact) mass is 260 g/mol. The third-order valence-corrected chi connectivity index (χ3v) is 3.86. The average Bonchev–Trinajstić information content (AvgIpc) is 2.49. The van der Waals surface area contributed by atoms with E-state index in [1.54, 1.807) is 7.05 Å². The SMILES string of the molecule is Cn1ncc(C(F)(F)F)c1CN1CC2(CNC2)C1. The minimum Gasteiger partial charge on any atom is -0.315 e. The first-order valence-corrected chi connectivity index (χ1v) is 5.91. The fourth-order valence-electron chi connectivity index (χ4n) is 2.82. The second kappa shape index (κ2) is 3.71. The van der Waals surface area contributed by atoms with Gasteiger partial charge in [0.15, 0.2) is 0 Å². The molecule has 0 unspecified atom stereocenters. The van der Waals surface area contributed by atoms with E-state index in [9.17, 15) is 13.2 Å². The summed E-state index contributed by atoms with van der Waals surface area (Å²) in [4.78, 5) is 2.05. The van der Waals surface area contributed by atoms with Crippen LogP contribution in [0.25, 0.3) is 0 Å². The van der Waals surface area contributed by atoms with Crippen LogP contribution in [-0.4, -0.2) is 40.9 Å². The van der Waals surface area contributed by atoms with Crippen molar-refractivity contribution >= 4 is 0 Å². The Labute approximate surface area is 103 Å². The smallest absolute Gasteiger partial charge is 0.315 e. The van der Waals surface area contributed by atoms with Crippen molar-refractivity contribution in [3.63, 3.8) is 0 Å². The van der Waals surface area contributed by atoms with Crippen molar-refractivity contribution < 1.29 is 13.2 Å². The molecule has 0 saturated carbocycles. The Bertz CT molecular complexity index is 453. The highest BCUT2D eigenvalue weighted by atomic mass is 19.4. The second-order valence-electron chi connectivity index (χ2n) is 5.38. The maximum atomic E-state index is 12.8. The predicted molar refractivity (Wildman–Crippen MR) is 58.8 cm³/mol. The van der Waals surface area contributed by atoms with Gasteiger partial charge in [-0.15, -0.1) is 0 Å². The Morgan fingerprint density at radius 3 is 2.56 bits per heavy atom. The normalized spacial score (nSPS) is 22.9. The van der Waals surface area contributed by atoms with E-state index in [1.165, 1.54) is 4.68 Å². The van der Waals surface area contributed by atoms with Crippen LogP contribution < -0.4 is 5.32 Å². The van der Waals surface area contributed by atoms with Gasteiger partial charge < -0.3 is 5.32 Å². The zero-order valence-corrected chi connectivity index (χ0v) is 10.1. The summed E-state index contributed by atoms with van der Waals surface area (Å²) in [6, 6.07) is 0. The Balaban J connectivity index is 1.71. The highest BCUT2D eigenvalue weighted by Crippen LogP contribution is 2.37. The summed E-state index contributed by atoms with van der Waals surface area (Å²) in [6.07, 6.45) is -3.40. The van der Waals surface area contributed by atoms with Gasteiger partial charge in [-0.2, -0.15) is 18.3 Å². The number of hydrogen-bond donors (Lipinski definition) is 1. The van der Waals surface area contributed by atoms with Crippen molar-refractivity contribution in [2.45, 2.75) is 12.7 Å². The minimum atomic E-state index is -4.32. The Hall–Kier alpha value is -1.08. The molecule has 0 bridgehead atoms. The van der Waals surface area contributed by atoms with Crippen LogP contribution in [0.2, 0.25) is 0 Å². The summed E-state index contributed by atoms with van der Waals surface area (Å²) in [5.41, 5.74) is -0.0286. The maximum absolute atomic E-state index is 12.8. The first-order valence-electron chi connectivity index (χ1n) is 5.91. The van der Waals surface area contributed by atoms with Crippen molar-refractivity contribution in [1.82, 2.24) is 20.0 Å². The highest BCUT2D eigenvalue weighted by Gasteiger charge is 2.48. The summed E-state index contributed by atoms with van der Waals surface area (Å²) < 4.78 is 39.7. The summed E-state index contributed by atoms with van der Waals surface area (Å²) >= 11 is 0. The molecule has 0 aromatic carbocycles. The van der Waals surface area contributed by atoms with Crippen LogP contribution in [0.5, 0.6) is 0 Å². The van der Waals surface area contributed by atoms with Crippen LogP contribution in [0.15, 0.2) is 6.20 Å². The molecule has 100 valence electrons. The predicted octanol–water partition coefficient (Wildman–Crippen LogP) is 0.844. The van der Waals surface area contributed by atoms with Crippen LogP contribution >= 0.6 is 0 Å². The first-order chi connectivity index (χ1) is 8.40. The molecule has 0 radical (unpaired) electrons. The molecule has 4 nitrogen and oxygen atoms in total. The van der Waals surface area contributed by atoms with Gasteiger partial charge in [-0.25, -0.2) is 0 Å². The standard InChI is InChI=1S/C11H15F3N4/c1-17-9(8(2-16-17)11(12,13)14)3-18-6-10(7-18)4-15-5-10/h2,15H,3-7H2,1H3. The number of alkyl halides is 3. The summed E-state index contributed by atoms with van der Waals surface area (Å²) in [5, 5.41) is 6.93. The molecule has 18 heavy (non-hydrogen) atoms. The van der Waals surface area contributed by atoms with Crippen molar-refractivity contribution in [1.29, 1.82) is 0 Å². The van der Waals surface area contributed by atoms with Crippen molar-refractivity contribution in [2.24, 2.45) is 12.5 Å². The molecule has 0 atom stereocenters. The van der Waals surface area contributed by atoms with E-state index >= 15 is 0 Å². The number of nitrogens with one attached hydrogen (secondary N) is 1. The average molecular weight is 260 g/mol. The number of likely N-dealkylation sites (tertiary alicyclic amines) is 1. The van der Waals surface area contributed by atoms with Gasteiger partial charge in [-0.3, -0.25) is 9.58 Å². The lowest BCUT2D eigenvalue weighted by molar-refractivity contribution is -0.139. The fraction of sp³-hybridized carbons (Fsp3) is 0.727. The Morgan fingerprint density at radius 1 is 1.39 bits per heavy atom.